The summed E-state index contributed by atoms with van der Waals surface area (Å²) in [5.41, 5.74) is 3.86. The van der Waals surface area contributed by atoms with Gasteiger partial charge in [-0.2, -0.15) is 0 Å². The minimum absolute atomic E-state index is 0.0376. The first-order chi connectivity index (χ1) is 12.5. The van der Waals surface area contributed by atoms with E-state index >= 15 is 0 Å². The molecule has 1 aromatic carbocycles. The van der Waals surface area contributed by atoms with Crippen LogP contribution in [0, 0.1) is 0 Å². The smallest absolute Gasteiger partial charge is 0.265 e. The van der Waals surface area contributed by atoms with E-state index in [0.29, 0.717) is 10.9 Å². The van der Waals surface area contributed by atoms with Crippen LogP contribution in [0.3, 0.4) is 0 Å². The molecule has 4 rings (SSSR count). The molecule has 0 amide bonds. The summed E-state index contributed by atoms with van der Waals surface area (Å²) in [5.74, 6) is 0.648. The topological polar surface area (TPSA) is 52.2 Å². The first-order valence-corrected chi connectivity index (χ1v) is 10.4. The van der Waals surface area contributed by atoms with Crippen LogP contribution < -0.4 is 5.56 Å². The molecule has 6 heteroatoms. The minimum Gasteiger partial charge on any atom is -0.268 e. The number of aryl methyl sites for hydroxylation is 1. The summed E-state index contributed by atoms with van der Waals surface area (Å²) in [6, 6.07) is 8.34. The van der Waals surface area contributed by atoms with Crippen LogP contribution in [0.5, 0.6) is 0 Å². The van der Waals surface area contributed by atoms with Gasteiger partial charge in [-0.3, -0.25) is 4.79 Å². The second-order valence-electron chi connectivity index (χ2n) is 7.23. The van der Waals surface area contributed by atoms with Crippen LogP contribution in [-0.4, -0.2) is 25.4 Å². The number of rotatable bonds is 4. The van der Waals surface area contributed by atoms with Gasteiger partial charge in [0.1, 0.15) is 0 Å². The van der Waals surface area contributed by atoms with Crippen molar-refractivity contribution < 1.29 is 0 Å². The van der Waals surface area contributed by atoms with E-state index in [0.717, 1.165) is 42.6 Å². The maximum absolute atomic E-state index is 13.6. The van der Waals surface area contributed by atoms with E-state index in [-0.39, 0.29) is 11.0 Å². The molecule has 0 saturated carbocycles. The molecule has 1 aliphatic carbocycles. The van der Waals surface area contributed by atoms with Crippen molar-refractivity contribution in [2.45, 2.75) is 57.1 Å². The summed E-state index contributed by atoms with van der Waals surface area (Å²) in [6.07, 6.45) is 4.67. The Morgan fingerprint density at radius 3 is 2.73 bits per heavy atom. The SMILES string of the molecule is CCCn1nc(SC)n2c(=O)c3c(nc12)-c1ccccc1C[C@@]3(C)CC. The lowest BCUT2D eigenvalue weighted by Gasteiger charge is -2.35. The lowest BCUT2D eigenvalue weighted by molar-refractivity contribution is 0.439. The average molecular weight is 369 g/mol. The molecule has 3 aromatic rings. The van der Waals surface area contributed by atoms with Crippen molar-refractivity contribution in [2.24, 2.45) is 0 Å². The lowest BCUT2D eigenvalue weighted by Crippen LogP contribution is -2.37. The Bertz CT molecular complexity index is 1050. The van der Waals surface area contributed by atoms with Gasteiger partial charge in [0.25, 0.3) is 5.56 Å². The highest BCUT2D eigenvalue weighted by atomic mass is 32.2. The van der Waals surface area contributed by atoms with Crippen LogP contribution in [0.1, 0.15) is 44.7 Å². The molecule has 0 bridgehead atoms. The number of nitrogens with zero attached hydrogens (tertiary/aromatic N) is 4. The Labute approximate surface area is 157 Å². The molecular weight excluding hydrogens is 344 g/mol. The zero-order valence-corrected chi connectivity index (χ0v) is 16.6. The molecule has 26 heavy (non-hydrogen) atoms. The zero-order chi connectivity index (χ0) is 18.5. The van der Waals surface area contributed by atoms with E-state index < -0.39 is 0 Å². The second kappa shape index (κ2) is 6.27. The van der Waals surface area contributed by atoms with Gasteiger partial charge in [-0.15, -0.1) is 5.10 Å². The van der Waals surface area contributed by atoms with Crippen molar-refractivity contribution in [3.05, 3.63) is 45.7 Å². The molecule has 1 atom stereocenters. The Morgan fingerprint density at radius 1 is 1.27 bits per heavy atom. The zero-order valence-electron chi connectivity index (χ0n) is 15.7. The molecule has 0 unspecified atom stereocenters. The van der Waals surface area contributed by atoms with E-state index in [1.54, 1.807) is 4.40 Å². The maximum Gasteiger partial charge on any atom is 0.265 e. The fourth-order valence-electron chi connectivity index (χ4n) is 4.00. The van der Waals surface area contributed by atoms with Gasteiger partial charge in [0.15, 0.2) is 5.16 Å². The van der Waals surface area contributed by atoms with Gasteiger partial charge in [-0.25, -0.2) is 14.1 Å². The van der Waals surface area contributed by atoms with Crippen molar-refractivity contribution in [1.29, 1.82) is 0 Å². The Balaban J connectivity index is 2.15. The van der Waals surface area contributed by atoms with Crippen molar-refractivity contribution in [3.63, 3.8) is 0 Å². The van der Waals surface area contributed by atoms with Crippen LogP contribution in [0.4, 0.5) is 0 Å². The van der Waals surface area contributed by atoms with Crippen LogP contribution in [0.25, 0.3) is 17.0 Å². The monoisotopic (exact) mass is 368 g/mol. The summed E-state index contributed by atoms with van der Waals surface area (Å²) in [4.78, 5) is 18.6. The predicted octanol–water partition coefficient (Wildman–Crippen LogP) is 3.91. The number of thioether (sulfide) groups is 1. The summed E-state index contributed by atoms with van der Waals surface area (Å²) in [5, 5.41) is 5.35. The van der Waals surface area contributed by atoms with Gasteiger partial charge in [0.2, 0.25) is 5.78 Å². The largest absolute Gasteiger partial charge is 0.268 e. The quantitative estimate of drug-likeness (QED) is 0.655. The summed E-state index contributed by atoms with van der Waals surface area (Å²) < 4.78 is 3.58. The third-order valence-electron chi connectivity index (χ3n) is 5.55. The molecule has 0 N–H and O–H groups in total. The number of fused-ring (bicyclic) bond motifs is 4. The van der Waals surface area contributed by atoms with Crippen molar-refractivity contribution in [3.8, 4) is 11.3 Å². The first-order valence-electron chi connectivity index (χ1n) is 9.20. The normalized spacial score (nSPS) is 18.8. The molecule has 0 fully saturated rings. The lowest BCUT2D eigenvalue weighted by atomic mass is 9.69. The molecule has 0 spiro atoms. The summed E-state index contributed by atoms with van der Waals surface area (Å²) in [7, 11) is 0. The van der Waals surface area contributed by atoms with Crippen LogP contribution in [-0.2, 0) is 18.4 Å². The van der Waals surface area contributed by atoms with Crippen LogP contribution in [0.15, 0.2) is 34.2 Å². The van der Waals surface area contributed by atoms with Crippen molar-refractivity contribution in [2.75, 3.05) is 6.26 Å². The molecule has 2 aromatic heterocycles. The van der Waals surface area contributed by atoms with Crippen molar-refractivity contribution >= 4 is 17.5 Å². The Morgan fingerprint density at radius 2 is 2.04 bits per heavy atom. The molecule has 1 aliphatic rings. The number of aromatic nitrogens is 4. The highest BCUT2D eigenvalue weighted by molar-refractivity contribution is 7.98. The number of hydrogen-bond donors (Lipinski definition) is 0. The highest BCUT2D eigenvalue weighted by Gasteiger charge is 2.38. The highest BCUT2D eigenvalue weighted by Crippen LogP contribution is 2.42. The molecule has 5 nitrogen and oxygen atoms in total. The molecule has 0 aliphatic heterocycles. The molecule has 0 radical (unpaired) electrons. The molecule has 0 saturated heterocycles. The van der Waals surface area contributed by atoms with Gasteiger partial charge in [0.05, 0.1) is 11.3 Å². The van der Waals surface area contributed by atoms with Gasteiger partial charge >= 0.3 is 0 Å². The third kappa shape index (κ3) is 2.35. The van der Waals surface area contributed by atoms with E-state index in [9.17, 15) is 4.79 Å². The maximum atomic E-state index is 13.6. The van der Waals surface area contributed by atoms with Gasteiger partial charge in [0, 0.05) is 17.5 Å². The van der Waals surface area contributed by atoms with Gasteiger partial charge < -0.3 is 0 Å². The first kappa shape index (κ1) is 17.3. The predicted molar refractivity (Wildman–Crippen MR) is 106 cm³/mol. The summed E-state index contributed by atoms with van der Waals surface area (Å²) >= 11 is 1.49. The van der Waals surface area contributed by atoms with Crippen molar-refractivity contribution in [1.82, 2.24) is 19.2 Å². The Kier molecular flexibility index (Phi) is 4.18. The van der Waals surface area contributed by atoms with Gasteiger partial charge in [-0.05, 0) is 31.1 Å². The fraction of sp³-hybridized carbons (Fsp3) is 0.450. The molecular formula is C20H24N4OS. The number of hydrogen-bond acceptors (Lipinski definition) is 4. The number of benzene rings is 1. The Hall–Kier alpha value is -2.08. The van der Waals surface area contributed by atoms with E-state index in [2.05, 4.69) is 44.1 Å². The minimum atomic E-state index is -0.211. The van der Waals surface area contributed by atoms with Crippen LogP contribution in [0.2, 0.25) is 0 Å². The van der Waals surface area contributed by atoms with E-state index in [1.165, 1.54) is 17.3 Å². The average Bonchev–Trinajstić information content (AvgIpc) is 3.00. The van der Waals surface area contributed by atoms with E-state index in [4.69, 9.17) is 4.98 Å². The second-order valence-corrected chi connectivity index (χ2v) is 8.01. The fourth-order valence-corrected chi connectivity index (χ4v) is 4.52. The van der Waals surface area contributed by atoms with Crippen LogP contribution >= 0.6 is 11.8 Å². The summed E-state index contributed by atoms with van der Waals surface area (Å²) in [6.45, 7) is 7.20. The van der Waals surface area contributed by atoms with E-state index in [1.807, 2.05) is 17.0 Å². The molecule has 2 heterocycles. The van der Waals surface area contributed by atoms with Gasteiger partial charge in [-0.1, -0.05) is 56.8 Å². The molecule has 136 valence electrons. The third-order valence-corrected chi connectivity index (χ3v) is 6.18. The standard InChI is InChI=1S/C20H24N4OS/c1-5-11-23-18-21-16-14-10-8-7-9-13(14)12-20(3,6-2)15(16)17(25)24(18)19(22-23)26-4/h7-10H,5-6,11-12H2,1-4H3/t20-/m1/s1.